The fourth-order valence-corrected chi connectivity index (χ4v) is 2.71. The second-order valence-corrected chi connectivity index (χ2v) is 5.57. The number of nitrogens with one attached hydrogen (secondary N) is 1. The van der Waals surface area contributed by atoms with Crippen molar-refractivity contribution in [1.29, 1.82) is 0 Å². The second-order valence-electron chi connectivity index (χ2n) is 4.79. The quantitative estimate of drug-likeness (QED) is 0.630. The Morgan fingerprint density at radius 3 is 2.75 bits per heavy atom. The summed E-state index contributed by atoms with van der Waals surface area (Å²) in [5.41, 5.74) is 5.36. The first kappa shape index (κ1) is 14.9. The van der Waals surface area contributed by atoms with Crippen LogP contribution in [0.25, 0.3) is 0 Å². The van der Waals surface area contributed by atoms with E-state index in [-0.39, 0.29) is 11.8 Å². The standard InChI is InChI=1S/C13H21N5OS/c1-3-15-10-8-11(17-13(16-10)20-2)18-6-4-9(5-7-18)12(14)19/h8-9H,3-7H2,1-2H3,(H2,14,19)(H,15,16,17). The molecule has 1 aliphatic rings. The summed E-state index contributed by atoms with van der Waals surface area (Å²) in [6.07, 6.45) is 3.56. The van der Waals surface area contributed by atoms with Crippen molar-refractivity contribution in [3.8, 4) is 0 Å². The van der Waals surface area contributed by atoms with Gasteiger partial charge in [-0.25, -0.2) is 9.97 Å². The van der Waals surface area contributed by atoms with E-state index in [0.717, 1.165) is 49.3 Å². The fraction of sp³-hybridized carbons (Fsp3) is 0.615. The highest BCUT2D eigenvalue weighted by Crippen LogP contribution is 2.25. The number of nitrogens with zero attached hydrogens (tertiary/aromatic N) is 3. The van der Waals surface area contributed by atoms with Crippen LogP contribution in [-0.2, 0) is 4.79 Å². The molecule has 0 aromatic carbocycles. The van der Waals surface area contributed by atoms with Crippen LogP contribution in [0.5, 0.6) is 0 Å². The van der Waals surface area contributed by atoms with Crippen molar-refractivity contribution >= 4 is 29.3 Å². The van der Waals surface area contributed by atoms with E-state index in [1.165, 1.54) is 11.8 Å². The van der Waals surface area contributed by atoms with Crippen LogP contribution in [0.3, 0.4) is 0 Å². The molecular formula is C13H21N5OS. The van der Waals surface area contributed by atoms with E-state index in [0.29, 0.717) is 0 Å². The molecule has 1 aliphatic heterocycles. The van der Waals surface area contributed by atoms with Crippen molar-refractivity contribution in [2.45, 2.75) is 24.9 Å². The Hall–Kier alpha value is -1.50. The lowest BCUT2D eigenvalue weighted by Crippen LogP contribution is -2.39. The van der Waals surface area contributed by atoms with E-state index in [4.69, 9.17) is 5.73 Å². The number of rotatable bonds is 5. The molecule has 3 N–H and O–H groups in total. The van der Waals surface area contributed by atoms with Gasteiger partial charge in [0.15, 0.2) is 5.16 Å². The number of amides is 1. The largest absolute Gasteiger partial charge is 0.370 e. The Morgan fingerprint density at radius 2 is 2.20 bits per heavy atom. The third kappa shape index (κ3) is 3.53. The number of piperidine rings is 1. The number of hydrogen-bond acceptors (Lipinski definition) is 6. The lowest BCUT2D eigenvalue weighted by molar-refractivity contribution is -0.122. The summed E-state index contributed by atoms with van der Waals surface area (Å²) in [7, 11) is 0. The molecule has 1 aromatic heterocycles. The highest BCUT2D eigenvalue weighted by Gasteiger charge is 2.24. The summed E-state index contributed by atoms with van der Waals surface area (Å²) in [5, 5.41) is 3.98. The Bertz CT molecular complexity index is 474. The van der Waals surface area contributed by atoms with Crippen molar-refractivity contribution in [2.75, 3.05) is 36.1 Å². The van der Waals surface area contributed by atoms with E-state index < -0.39 is 0 Å². The second kappa shape index (κ2) is 6.78. The minimum absolute atomic E-state index is 0.00125. The molecule has 0 spiro atoms. The van der Waals surface area contributed by atoms with Gasteiger partial charge in [-0.3, -0.25) is 4.79 Å². The maximum absolute atomic E-state index is 11.2. The lowest BCUT2D eigenvalue weighted by atomic mass is 9.96. The summed E-state index contributed by atoms with van der Waals surface area (Å²) in [6.45, 7) is 4.49. The molecule has 0 bridgehead atoms. The van der Waals surface area contributed by atoms with Crippen molar-refractivity contribution in [3.63, 3.8) is 0 Å². The zero-order chi connectivity index (χ0) is 14.5. The number of carbonyl (C=O) groups excluding carboxylic acids is 1. The van der Waals surface area contributed by atoms with E-state index in [1.54, 1.807) is 0 Å². The van der Waals surface area contributed by atoms with Gasteiger partial charge in [-0.2, -0.15) is 0 Å². The number of primary amides is 1. The Labute approximate surface area is 123 Å². The van der Waals surface area contributed by atoms with Crippen LogP contribution in [0.15, 0.2) is 11.2 Å². The normalized spacial score (nSPS) is 16.2. The highest BCUT2D eigenvalue weighted by molar-refractivity contribution is 7.98. The predicted octanol–water partition coefficient (Wildman–Crippen LogP) is 1.33. The summed E-state index contributed by atoms with van der Waals surface area (Å²) >= 11 is 1.53. The molecule has 1 aromatic rings. The molecule has 0 unspecified atom stereocenters. The van der Waals surface area contributed by atoms with Gasteiger partial charge in [-0.15, -0.1) is 0 Å². The Morgan fingerprint density at radius 1 is 1.50 bits per heavy atom. The fourth-order valence-electron chi connectivity index (χ4n) is 2.33. The predicted molar refractivity (Wildman–Crippen MR) is 82.1 cm³/mol. The minimum atomic E-state index is -0.189. The van der Waals surface area contributed by atoms with E-state index in [9.17, 15) is 4.79 Å². The monoisotopic (exact) mass is 295 g/mol. The van der Waals surface area contributed by atoms with E-state index in [2.05, 4.69) is 20.2 Å². The van der Waals surface area contributed by atoms with Gasteiger partial charge in [-0.1, -0.05) is 11.8 Å². The average Bonchev–Trinajstić information content (AvgIpc) is 2.47. The Balaban J connectivity index is 2.12. The summed E-state index contributed by atoms with van der Waals surface area (Å²) in [4.78, 5) is 22.4. The molecule has 0 saturated carbocycles. The molecule has 0 atom stereocenters. The topological polar surface area (TPSA) is 84.1 Å². The van der Waals surface area contributed by atoms with Crippen LogP contribution in [0, 0.1) is 5.92 Å². The third-order valence-corrected chi connectivity index (χ3v) is 4.00. The molecule has 7 heteroatoms. The van der Waals surface area contributed by atoms with Crippen LogP contribution in [0.2, 0.25) is 0 Å². The van der Waals surface area contributed by atoms with Crippen LogP contribution < -0.4 is 16.0 Å². The average molecular weight is 295 g/mol. The van der Waals surface area contributed by atoms with Gasteiger partial charge in [-0.05, 0) is 26.0 Å². The van der Waals surface area contributed by atoms with Gasteiger partial charge >= 0.3 is 0 Å². The van der Waals surface area contributed by atoms with Crippen molar-refractivity contribution in [1.82, 2.24) is 9.97 Å². The van der Waals surface area contributed by atoms with Crippen molar-refractivity contribution < 1.29 is 4.79 Å². The lowest BCUT2D eigenvalue weighted by Gasteiger charge is -2.31. The smallest absolute Gasteiger partial charge is 0.220 e. The van der Waals surface area contributed by atoms with Crippen LogP contribution >= 0.6 is 11.8 Å². The van der Waals surface area contributed by atoms with Gasteiger partial charge in [0.25, 0.3) is 0 Å². The minimum Gasteiger partial charge on any atom is -0.370 e. The number of thioether (sulfide) groups is 1. The van der Waals surface area contributed by atoms with Gasteiger partial charge in [0.2, 0.25) is 5.91 Å². The molecule has 110 valence electrons. The van der Waals surface area contributed by atoms with Gasteiger partial charge in [0, 0.05) is 31.6 Å². The first-order valence-electron chi connectivity index (χ1n) is 6.85. The molecule has 6 nitrogen and oxygen atoms in total. The van der Waals surface area contributed by atoms with Crippen LogP contribution in [0.4, 0.5) is 11.6 Å². The number of aromatic nitrogens is 2. The van der Waals surface area contributed by atoms with Gasteiger partial charge in [0.05, 0.1) is 0 Å². The zero-order valence-corrected chi connectivity index (χ0v) is 12.7. The maximum Gasteiger partial charge on any atom is 0.220 e. The molecule has 0 radical (unpaired) electrons. The van der Waals surface area contributed by atoms with Gasteiger partial charge in [0.1, 0.15) is 11.6 Å². The summed E-state index contributed by atoms with van der Waals surface area (Å²) < 4.78 is 0. The van der Waals surface area contributed by atoms with Crippen molar-refractivity contribution in [3.05, 3.63) is 6.07 Å². The van der Waals surface area contributed by atoms with Gasteiger partial charge < -0.3 is 16.0 Å². The first-order valence-corrected chi connectivity index (χ1v) is 8.07. The van der Waals surface area contributed by atoms with Crippen LogP contribution in [0.1, 0.15) is 19.8 Å². The van der Waals surface area contributed by atoms with Crippen molar-refractivity contribution in [2.24, 2.45) is 11.7 Å². The highest BCUT2D eigenvalue weighted by atomic mass is 32.2. The van der Waals surface area contributed by atoms with Crippen LogP contribution in [-0.4, -0.2) is 41.8 Å². The number of carbonyl (C=O) groups is 1. The summed E-state index contributed by atoms with van der Waals surface area (Å²) in [5.74, 6) is 1.58. The summed E-state index contributed by atoms with van der Waals surface area (Å²) in [6, 6.07) is 1.97. The number of nitrogens with two attached hydrogens (primary N) is 1. The van der Waals surface area contributed by atoms with E-state index in [1.807, 2.05) is 19.2 Å². The number of hydrogen-bond donors (Lipinski definition) is 2. The maximum atomic E-state index is 11.2. The molecule has 1 amide bonds. The first-order chi connectivity index (χ1) is 9.63. The molecule has 0 aliphatic carbocycles. The molecule has 2 rings (SSSR count). The Kier molecular flexibility index (Phi) is 5.05. The molecular weight excluding hydrogens is 274 g/mol. The molecule has 1 fully saturated rings. The number of anilines is 2. The third-order valence-electron chi connectivity index (χ3n) is 3.45. The van der Waals surface area contributed by atoms with E-state index >= 15 is 0 Å². The SMILES string of the molecule is CCNc1cc(N2CCC(C(N)=O)CC2)nc(SC)n1. The zero-order valence-electron chi connectivity index (χ0n) is 11.9. The molecule has 2 heterocycles. The molecule has 20 heavy (non-hydrogen) atoms. The molecule has 1 saturated heterocycles.